The zero-order valence-electron chi connectivity index (χ0n) is 29.9. The lowest BCUT2D eigenvalue weighted by atomic mass is 9.88. The molecule has 0 aliphatic carbocycles. The van der Waals surface area contributed by atoms with Crippen LogP contribution in [0.3, 0.4) is 0 Å². The predicted octanol–water partition coefficient (Wildman–Crippen LogP) is 7.07. The molecule has 0 saturated carbocycles. The van der Waals surface area contributed by atoms with Crippen LogP contribution >= 0.6 is 0 Å². The second kappa shape index (κ2) is 14.9. The minimum atomic E-state index is 0.169. The second-order valence-electron chi connectivity index (χ2n) is 12.8. The van der Waals surface area contributed by atoms with Crippen LogP contribution in [0.4, 0.5) is 0 Å². The summed E-state index contributed by atoms with van der Waals surface area (Å²) in [5.74, 6) is 5.61. The standard InChI is InChI=1S/C40H48N2O7/c1-41-15-13-27-21-36(45-5)38(47-7)23-29(27)31(41)17-25-10-12-34(35(19-25)44-4)49-40-20-26(9-11-33(40)43-3)18-32-30-24-39(48-8)37(46-6)22-28(30)14-16-42(32)2/h9-12,19-24,31-32H,13-18H2,1-8H3/t31-,32-/m1/s1. The number of ether oxygens (including phenoxy) is 7. The van der Waals surface area contributed by atoms with Crippen molar-refractivity contribution in [3.05, 3.63) is 94.0 Å². The third-order valence-electron chi connectivity index (χ3n) is 10.1. The molecule has 9 nitrogen and oxygen atoms in total. The van der Waals surface area contributed by atoms with E-state index in [0.29, 0.717) is 23.0 Å². The maximum Gasteiger partial charge on any atom is 0.169 e. The van der Waals surface area contributed by atoms with Crippen molar-refractivity contribution in [2.75, 3.05) is 69.8 Å². The normalized spacial score (nSPS) is 17.5. The Labute approximate surface area is 290 Å². The first kappa shape index (κ1) is 34.3. The topological polar surface area (TPSA) is 71.1 Å². The third kappa shape index (κ3) is 6.96. The highest BCUT2D eigenvalue weighted by molar-refractivity contribution is 5.53. The summed E-state index contributed by atoms with van der Waals surface area (Å²) in [6.45, 7) is 1.92. The van der Waals surface area contributed by atoms with Crippen molar-refractivity contribution in [1.29, 1.82) is 0 Å². The van der Waals surface area contributed by atoms with Gasteiger partial charge >= 0.3 is 0 Å². The number of hydrogen-bond acceptors (Lipinski definition) is 9. The Morgan fingerprint density at radius 1 is 0.469 bits per heavy atom. The van der Waals surface area contributed by atoms with Gasteiger partial charge in [0.05, 0.1) is 42.7 Å². The first-order valence-electron chi connectivity index (χ1n) is 16.7. The highest BCUT2D eigenvalue weighted by Gasteiger charge is 2.29. The molecule has 0 radical (unpaired) electrons. The number of hydrogen-bond donors (Lipinski definition) is 0. The van der Waals surface area contributed by atoms with Gasteiger partial charge in [-0.2, -0.15) is 0 Å². The van der Waals surface area contributed by atoms with E-state index in [-0.39, 0.29) is 12.1 Å². The lowest BCUT2D eigenvalue weighted by molar-refractivity contribution is 0.227. The van der Waals surface area contributed by atoms with Gasteiger partial charge in [-0.3, -0.25) is 9.80 Å². The lowest BCUT2D eigenvalue weighted by Gasteiger charge is -2.35. The number of likely N-dealkylation sites (N-methyl/N-ethyl adjacent to an activating group) is 2. The van der Waals surface area contributed by atoms with Crippen LogP contribution in [0.1, 0.15) is 45.5 Å². The first-order chi connectivity index (χ1) is 23.8. The largest absolute Gasteiger partial charge is 0.493 e. The predicted molar refractivity (Wildman–Crippen MR) is 191 cm³/mol. The van der Waals surface area contributed by atoms with E-state index in [2.05, 4.69) is 72.4 Å². The molecule has 9 heteroatoms. The van der Waals surface area contributed by atoms with Gasteiger partial charge in [-0.15, -0.1) is 0 Å². The van der Waals surface area contributed by atoms with Crippen molar-refractivity contribution in [3.8, 4) is 46.0 Å². The average Bonchev–Trinajstić information content (AvgIpc) is 3.13. The van der Waals surface area contributed by atoms with Crippen LogP contribution in [0.25, 0.3) is 0 Å². The Balaban J connectivity index is 1.25. The van der Waals surface area contributed by atoms with E-state index in [0.717, 1.165) is 72.9 Å². The summed E-state index contributed by atoms with van der Waals surface area (Å²) in [4.78, 5) is 4.80. The molecule has 260 valence electrons. The monoisotopic (exact) mass is 668 g/mol. The van der Waals surface area contributed by atoms with Gasteiger partial charge in [0.25, 0.3) is 0 Å². The van der Waals surface area contributed by atoms with Gasteiger partial charge < -0.3 is 33.2 Å². The average molecular weight is 669 g/mol. The summed E-state index contributed by atoms with van der Waals surface area (Å²) in [5.41, 5.74) is 7.38. The van der Waals surface area contributed by atoms with Crippen LogP contribution in [-0.2, 0) is 25.7 Å². The molecule has 0 fully saturated rings. The van der Waals surface area contributed by atoms with E-state index in [1.165, 1.54) is 22.3 Å². The Kier molecular flexibility index (Phi) is 10.4. The summed E-state index contributed by atoms with van der Waals surface area (Å²) in [6.07, 6.45) is 3.53. The van der Waals surface area contributed by atoms with Crippen LogP contribution in [0.5, 0.6) is 46.0 Å². The van der Waals surface area contributed by atoms with E-state index in [1.54, 1.807) is 42.7 Å². The van der Waals surface area contributed by atoms with Crippen molar-refractivity contribution in [3.63, 3.8) is 0 Å². The van der Waals surface area contributed by atoms with Crippen molar-refractivity contribution >= 4 is 0 Å². The number of benzene rings is 4. The summed E-state index contributed by atoms with van der Waals surface area (Å²) in [5, 5.41) is 0. The number of methoxy groups -OCH3 is 6. The van der Waals surface area contributed by atoms with Gasteiger partial charge in [0.15, 0.2) is 46.0 Å². The van der Waals surface area contributed by atoms with Crippen molar-refractivity contribution in [2.24, 2.45) is 0 Å². The van der Waals surface area contributed by atoms with Gasteiger partial charge in [-0.25, -0.2) is 0 Å². The molecule has 0 unspecified atom stereocenters. The van der Waals surface area contributed by atoms with Crippen LogP contribution in [0.2, 0.25) is 0 Å². The Morgan fingerprint density at radius 3 is 1.31 bits per heavy atom. The summed E-state index contributed by atoms with van der Waals surface area (Å²) >= 11 is 0. The lowest BCUT2D eigenvalue weighted by Crippen LogP contribution is -2.33. The third-order valence-corrected chi connectivity index (χ3v) is 10.1. The highest BCUT2D eigenvalue weighted by atomic mass is 16.5. The van der Waals surface area contributed by atoms with Crippen molar-refractivity contribution in [2.45, 2.75) is 37.8 Å². The Bertz CT molecular complexity index is 1790. The van der Waals surface area contributed by atoms with Gasteiger partial charge in [-0.1, -0.05) is 12.1 Å². The molecule has 0 aromatic heterocycles. The number of nitrogens with zero attached hydrogens (tertiary/aromatic N) is 2. The Morgan fingerprint density at radius 2 is 0.857 bits per heavy atom. The number of fused-ring (bicyclic) bond motifs is 2. The van der Waals surface area contributed by atoms with Crippen molar-refractivity contribution < 1.29 is 33.2 Å². The van der Waals surface area contributed by atoms with E-state index < -0.39 is 0 Å². The zero-order valence-corrected chi connectivity index (χ0v) is 29.9. The SMILES string of the molecule is COc1cc2c(cc1OC)[C@@H](Cc1ccc(Oc3cc(C[C@@H]4c5cc(OC)c(OC)cc5CCN4C)ccc3OC)c(OC)c1)N(C)CC2. The minimum Gasteiger partial charge on any atom is -0.493 e. The Hall–Kier alpha value is -4.60. The summed E-state index contributed by atoms with van der Waals surface area (Å²) in [7, 11) is 14.4. The maximum atomic E-state index is 6.55. The van der Waals surface area contributed by atoms with E-state index in [4.69, 9.17) is 33.2 Å². The van der Waals surface area contributed by atoms with E-state index in [9.17, 15) is 0 Å². The molecule has 2 aliphatic heterocycles. The molecule has 49 heavy (non-hydrogen) atoms. The molecule has 0 bridgehead atoms. The molecule has 0 spiro atoms. The molecule has 6 rings (SSSR count). The highest BCUT2D eigenvalue weighted by Crippen LogP contribution is 2.43. The molecular formula is C40H48N2O7. The van der Waals surface area contributed by atoms with Crippen LogP contribution in [0, 0.1) is 0 Å². The molecule has 0 amide bonds. The fraction of sp³-hybridized carbons (Fsp3) is 0.400. The summed E-state index contributed by atoms with van der Waals surface area (Å²) in [6, 6.07) is 21.2. The van der Waals surface area contributed by atoms with Gasteiger partial charge in [-0.05, 0) is 122 Å². The quantitative estimate of drug-likeness (QED) is 0.158. The van der Waals surface area contributed by atoms with E-state index in [1.807, 2.05) is 12.1 Å². The maximum absolute atomic E-state index is 6.55. The van der Waals surface area contributed by atoms with E-state index >= 15 is 0 Å². The number of rotatable bonds is 12. The fourth-order valence-electron chi connectivity index (χ4n) is 7.25. The zero-order chi connectivity index (χ0) is 34.7. The van der Waals surface area contributed by atoms with Crippen LogP contribution in [0.15, 0.2) is 60.7 Å². The van der Waals surface area contributed by atoms with Crippen LogP contribution in [-0.4, -0.2) is 79.6 Å². The fourth-order valence-corrected chi connectivity index (χ4v) is 7.25. The molecule has 0 N–H and O–H groups in total. The molecular weight excluding hydrogens is 620 g/mol. The molecule has 2 aliphatic rings. The minimum absolute atomic E-state index is 0.169. The first-order valence-corrected chi connectivity index (χ1v) is 16.7. The molecule has 4 aromatic carbocycles. The molecule has 4 aromatic rings. The van der Waals surface area contributed by atoms with Crippen LogP contribution < -0.4 is 33.2 Å². The molecule has 2 heterocycles. The smallest absolute Gasteiger partial charge is 0.169 e. The van der Waals surface area contributed by atoms with Gasteiger partial charge in [0.2, 0.25) is 0 Å². The molecule has 2 atom stereocenters. The molecule has 0 saturated heterocycles. The van der Waals surface area contributed by atoms with Gasteiger partial charge in [0, 0.05) is 25.2 Å². The summed E-state index contributed by atoms with van der Waals surface area (Å²) < 4.78 is 40.7. The second-order valence-corrected chi connectivity index (χ2v) is 12.8. The van der Waals surface area contributed by atoms with Gasteiger partial charge in [0.1, 0.15) is 0 Å². The van der Waals surface area contributed by atoms with Crippen molar-refractivity contribution in [1.82, 2.24) is 9.80 Å².